The molecule has 0 amide bonds. The SMILES string of the molecule is C=CCCC(Cn1cnc2ccccc21)NN. The van der Waals surface area contributed by atoms with Crippen molar-refractivity contribution in [2.24, 2.45) is 5.84 Å². The molecular formula is C13H18N4. The minimum Gasteiger partial charge on any atom is -0.329 e. The minimum atomic E-state index is 0.241. The van der Waals surface area contributed by atoms with Gasteiger partial charge in [0, 0.05) is 12.6 Å². The second-order valence-corrected chi connectivity index (χ2v) is 4.12. The van der Waals surface area contributed by atoms with Crippen molar-refractivity contribution in [3.63, 3.8) is 0 Å². The minimum absolute atomic E-state index is 0.241. The van der Waals surface area contributed by atoms with Crippen molar-refractivity contribution in [2.45, 2.75) is 25.4 Å². The van der Waals surface area contributed by atoms with Crippen LogP contribution in [0.2, 0.25) is 0 Å². The predicted molar refractivity (Wildman–Crippen MR) is 70.3 cm³/mol. The molecule has 0 bridgehead atoms. The van der Waals surface area contributed by atoms with E-state index in [2.05, 4.69) is 27.6 Å². The molecule has 0 aliphatic rings. The number of hydrogen-bond donors (Lipinski definition) is 2. The number of allylic oxidation sites excluding steroid dienone is 1. The summed E-state index contributed by atoms with van der Waals surface area (Å²) in [7, 11) is 0. The van der Waals surface area contributed by atoms with Gasteiger partial charge in [0.05, 0.1) is 17.4 Å². The number of imidazole rings is 1. The Labute approximate surface area is 101 Å². The lowest BCUT2D eigenvalue weighted by atomic mass is 10.1. The first kappa shape index (κ1) is 11.8. The number of benzene rings is 1. The maximum atomic E-state index is 5.56. The van der Waals surface area contributed by atoms with Gasteiger partial charge in [0.2, 0.25) is 0 Å². The third kappa shape index (κ3) is 2.72. The van der Waals surface area contributed by atoms with Crippen molar-refractivity contribution in [3.05, 3.63) is 43.2 Å². The fraction of sp³-hybridized carbons (Fsp3) is 0.308. The molecule has 0 spiro atoms. The zero-order valence-electron chi connectivity index (χ0n) is 9.84. The lowest BCUT2D eigenvalue weighted by molar-refractivity contribution is 0.440. The van der Waals surface area contributed by atoms with Crippen LogP contribution < -0.4 is 11.3 Å². The monoisotopic (exact) mass is 230 g/mol. The van der Waals surface area contributed by atoms with Crippen molar-refractivity contribution in [1.29, 1.82) is 0 Å². The summed E-state index contributed by atoms with van der Waals surface area (Å²) in [4.78, 5) is 4.36. The molecule has 1 heterocycles. The number of rotatable bonds is 6. The van der Waals surface area contributed by atoms with E-state index < -0.39 is 0 Å². The van der Waals surface area contributed by atoms with Crippen LogP contribution >= 0.6 is 0 Å². The number of nitrogens with zero attached hydrogens (tertiary/aromatic N) is 2. The molecule has 4 heteroatoms. The van der Waals surface area contributed by atoms with Gasteiger partial charge in [0.1, 0.15) is 0 Å². The molecule has 0 saturated carbocycles. The lowest BCUT2D eigenvalue weighted by Crippen LogP contribution is -2.38. The summed E-state index contributed by atoms with van der Waals surface area (Å²) in [6.07, 6.45) is 5.72. The lowest BCUT2D eigenvalue weighted by Gasteiger charge is -2.16. The maximum absolute atomic E-state index is 5.56. The molecule has 0 aliphatic carbocycles. The molecule has 1 aromatic heterocycles. The van der Waals surface area contributed by atoms with Gasteiger partial charge < -0.3 is 4.57 Å². The van der Waals surface area contributed by atoms with E-state index in [1.54, 1.807) is 0 Å². The van der Waals surface area contributed by atoms with E-state index in [-0.39, 0.29) is 6.04 Å². The molecule has 0 aliphatic heterocycles. The van der Waals surface area contributed by atoms with Crippen LogP contribution in [0.5, 0.6) is 0 Å². The Bertz CT molecular complexity index is 489. The molecule has 0 radical (unpaired) electrons. The molecule has 2 rings (SSSR count). The van der Waals surface area contributed by atoms with Gasteiger partial charge in [0.25, 0.3) is 0 Å². The van der Waals surface area contributed by atoms with E-state index in [1.165, 1.54) is 0 Å². The third-order valence-corrected chi connectivity index (χ3v) is 2.90. The van der Waals surface area contributed by atoms with Gasteiger partial charge in [-0.1, -0.05) is 18.2 Å². The summed E-state index contributed by atoms with van der Waals surface area (Å²) < 4.78 is 2.13. The standard InChI is InChI=1S/C13H18N4/c1-2-3-6-11(16-14)9-17-10-15-12-7-4-5-8-13(12)17/h2,4-5,7-8,10-11,16H,1,3,6,9,14H2. The molecule has 1 unspecified atom stereocenters. The Morgan fingerprint density at radius 2 is 2.29 bits per heavy atom. The van der Waals surface area contributed by atoms with Crippen LogP contribution in [0.25, 0.3) is 11.0 Å². The molecule has 3 N–H and O–H groups in total. The number of hydrazine groups is 1. The van der Waals surface area contributed by atoms with E-state index in [0.29, 0.717) is 0 Å². The summed E-state index contributed by atoms with van der Waals surface area (Å²) >= 11 is 0. The van der Waals surface area contributed by atoms with Gasteiger partial charge in [-0.2, -0.15) is 0 Å². The Balaban J connectivity index is 2.13. The first-order valence-electron chi connectivity index (χ1n) is 5.82. The highest BCUT2D eigenvalue weighted by molar-refractivity contribution is 5.74. The molecule has 4 nitrogen and oxygen atoms in total. The van der Waals surface area contributed by atoms with E-state index in [4.69, 9.17) is 5.84 Å². The fourth-order valence-electron chi connectivity index (χ4n) is 1.94. The second kappa shape index (κ2) is 5.61. The molecule has 1 atom stereocenters. The van der Waals surface area contributed by atoms with Crippen molar-refractivity contribution < 1.29 is 0 Å². The van der Waals surface area contributed by atoms with Crippen LogP contribution in [0.4, 0.5) is 0 Å². The molecule has 2 aromatic rings. The van der Waals surface area contributed by atoms with Crippen LogP contribution in [-0.2, 0) is 6.54 Å². The van der Waals surface area contributed by atoms with E-state index in [9.17, 15) is 0 Å². The highest BCUT2D eigenvalue weighted by atomic mass is 15.2. The van der Waals surface area contributed by atoms with Crippen LogP contribution in [0.1, 0.15) is 12.8 Å². The Kier molecular flexibility index (Phi) is 3.90. The quantitative estimate of drug-likeness (QED) is 0.452. The van der Waals surface area contributed by atoms with Gasteiger partial charge in [0.15, 0.2) is 0 Å². The molecule has 0 saturated heterocycles. The van der Waals surface area contributed by atoms with Crippen molar-refractivity contribution in [3.8, 4) is 0 Å². The Hall–Kier alpha value is -1.65. The number of nitrogens with one attached hydrogen (secondary N) is 1. The topological polar surface area (TPSA) is 55.9 Å². The van der Waals surface area contributed by atoms with Gasteiger partial charge in [-0.15, -0.1) is 6.58 Å². The fourth-order valence-corrected chi connectivity index (χ4v) is 1.94. The van der Waals surface area contributed by atoms with Gasteiger partial charge >= 0.3 is 0 Å². The summed E-state index contributed by atoms with van der Waals surface area (Å²) in [6, 6.07) is 8.35. The largest absolute Gasteiger partial charge is 0.329 e. The Morgan fingerprint density at radius 1 is 1.47 bits per heavy atom. The smallest absolute Gasteiger partial charge is 0.0958 e. The molecule has 1 aromatic carbocycles. The van der Waals surface area contributed by atoms with Crippen molar-refractivity contribution in [1.82, 2.24) is 15.0 Å². The highest BCUT2D eigenvalue weighted by Gasteiger charge is 2.08. The normalized spacial score (nSPS) is 12.8. The number of nitrogens with two attached hydrogens (primary N) is 1. The third-order valence-electron chi connectivity index (χ3n) is 2.90. The number of hydrogen-bond acceptors (Lipinski definition) is 3. The van der Waals surface area contributed by atoms with Crippen molar-refractivity contribution in [2.75, 3.05) is 0 Å². The number of fused-ring (bicyclic) bond motifs is 1. The van der Waals surface area contributed by atoms with Crippen LogP contribution in [-0.4, -0.2) is 15.6 Å². The summed E-state index contributed by atoms with van der Waals surface area (Å²) in [5.41, 5.74) is 5.01. The average Bonchev–Trinajstić information content (AvgIpc) is 2.78. The summed E-state index contributed by atoms with van der Waals surface area (Å²) in [5, 5.41) is 0. The average molecular weight is 230 g/mol. The van der Waals surface area contributed by atoms with Crippen LogP contribution in [0, 0.1) is 0 Å². The van der Waals surface area contributed by atoms with Crippen LogP contribution in [0.15, 0.2) is 43.2 Å². The zero-order chi connectivity index (χ0) is 12.1. The van der Waals surface area contributed by atoms with E-state index in [1.807, 2.05) is 30.6 Å². The van der Waals surface area contributed by atoms with Gasteiger partial charge in [-0.3, -0.25) is 11.3 Å². The van der Waals surface area contributed by atoms with Crippen molar-refractivity contribution >= 4 is 11.0 Å². The molecule has 17 heavy (non-hydrogen) atoms. The summed E-state index contributed by atoms with van der Waals surface area (Å²) in [5.74, 6) is 5.56. The molecule has 0 fully saturated rings. The zero-order valence-corrected chi connectivity index (χ0v) is 9.84. The number of aromatic nitrogens is 2. The number of para-hydroxylation sites is 2. The highest BCUT2D eigenvalue weighted by Crippen LogP contribution is 2.13. The van der Waals surface area contributed by atoms with Gasteiger partial charge in [-0.05, 0) is 25.0 Å². The first-order chi connectivity index (χ1) is 8.35. The predicted octanol–water partition coefficient (Wildman–Crippen LogP) is 1.83. The molecular weight excluding hydrogens is 212 g/mol. The van der Waals surface area contributed by atoms with Gasteiger partial charge in [-0.25, -0.2) is 4.98 Å². The Morgan fingerprint density at radius 3 is 3.06 bits per heavy atom. The summed E-state index contributed by atoms with van der Waals surface area (Å²) in [6.45, 7) is 4.55. The maximum Gasteiger partial charge on any atom is 0.0958 e. The first-order valence-corrected chi connectivity index (χ1v) is 5.82. The molecule has 90 valence electrons. The van der Waals surface area contributed by atoms with E-state index in [0.717, 1.165) is 30.4 Å². The van der Waals surface area contributed by atoms with E-state index >= 15 is 0 Å². The second-order valence-electron chi connectivity index (χ2n) is 4.12. The van der Waals surface area contributed by atoms with Crippen LogP contribution in [0.3, 0.4) is 0 Å².